The lowest BCUT2D eigenvalue weighted by Crippen LogP contribution is -2.64. The number of benzene rings is 1. The zero-order valence-electron chi connectivity index (χ0n) is 21.3. The van der Waals surface area contributed by atoms with Gasteiger partial charge in [0, 0.05) is 11.3 Å². The molecule has 1 aromatic rings. The molecule has 12 heteroatoms. The number of carbonyl (C=O) groups is 2. The Morgan fingerprint density at radius 2 is 1.69 bits per heavy atom. The van der Waals surface area contributed by atoms with Crippen LogP contribution in [0.1, 0.15) is 57.1 Å². The molecule has 6 nitrogen and oxygen atoms in total. The maximum Gasteiger partial charge on any atom is 0.420 e. The molecule has 1 aromatic carbocycles. The Morgan fingerprint density at radius 3 is 2.33 bits per heavy atom. The van der Waals surface area contributed by atoms with Crippen LogP contribution in [0, 0.1) is 34.5 Å². The summed E-state index contributed by atoms with van der Waals surface area (Å²) in [5.74, 6) is -3.34. The Kier molecular flexibility index (Phi) is 6.32. The van der Waals surface area contributed by atoms with E-state index < -0.39 is 69.7 Å². The standard InChI is InChI=1S/C27H30F6N2O4/c1-24-7-5-14-12(9-20(37)22-25(14,2)8-6-21(38)35-22)13(24)3-4-15(24)23(39)34-18-10-17(27(31,32)33)19(36)11-16(18)26(28,29)30/h6,8,10-15,20,22,36-37H,3-5,7,9H2,1-2H3,(H,34,39)(H,35,38)/t12-,13-,14-,15+,20+,22+,24-,25+/m0/s1. The van der Waals surface area contributed by atoms with Crippen LogP contribution in [-0.4, -0.2) is 34.2 Å². The van der Waals surface area contributed by atoms with Gasteiger partial charge in [-0.05, 0) is 73.5 Å². The van der Waals surface area contributed by atoms with E-state index in [1.807, 2.05) is 19.9 Å². The number of carbonyl (C=O) groups excluding carboxylic acids is 2. The van der Waals surface area contributed by atoms with Gasteiger partial charge in [0.25, 0.3) is 0 Å². The van der Waals surface area contributed by atoms with E-state index in [4.69, 9.17) is 0 Å². The Bertz CT molecular complexity index is 1230. The van der Waals surface area contributed by atoms with Crippen LogP contribution in [0.5, 0.6) is 5.75 Å². The number of amides is 2. The molecule has 39 heavy (non-hydrogen) atoms. The molecule has 3 aliphatic carbocycles. The number of phenolic OH excluding ortho intramolecular Hbond substituents is 1. The minimum absolute atomic E-state index is 0.00584. The van der Waals surface area contributed by atoms with Crippen molar-refractivity contribution < 1.29 is 46.1 Å². The van der Waals surface area contributed by atoms with Gasteiger partial charge in [-0.15, -0.1) is 0 Å². The number of phenols is 1. The van der Waals surface area contributed by atoms with E-state index in [1.165, 1.54) is 6.08 Å². The number of fused-ring (bicyclic) bond motifs is 5. The number of rotatable bonds is 2. The third-order valence-electron chi connectivity index (χ3n) is 10.0. The van der Waals surface area contributed by atoms with E-state index >= 15 is 0 Å². The summed E-state index contributed by atoms with van der Waals surface area (Å²) in [6, 6.07) is -0.330. The van der Waals surface area contributed by atoms with Crippen LogP contribution >= 0.6 is 0 Å². The minimum Gasteiger partial charge on any atom is -0.507 e. The van der Waals surface area contributed by atoms with E-state index in [9.17, 15) is 46.1 Å². The van der Waals surface area contributed by atoms with Gasteiger partial charge in [0.05, 0.1) is 29.0 Å². The molecule has 3 saturated carbocycles. The number of halogens is 6. The second kappa shape index (κ2) is 8.87. The number of hydrogen-bond acceptors (Lipinski definition) is 4. The van der Waals surface area contributed by atoms with Crippen molar-refractivity contribution in [1.29, 1.82) is 0 Å². The molecule has 0 radical (unpaired) electrons. The van der Waals surface area contributed by atoms with Gasteiger partial charge < -0.3 is 20.8 Å². The number of nitrogens with one attached hydrogen (secondary N) is 2. The lowest BCUT2D eigenvalue weighted by Gasteiger charge is -2.59. The first-order chi connectivity index (χ1) is 18.0. The first-order valence-electron chi connectivity index (χ1n) is 13.0. The number of aliphatic hydroxyl groups is 1. The van der Waals surface area contributed by atoms with Crippen molar-refractivity contribution in [3.05, 3.63) is 35.4 Å². The molecule has 5 rings (SSSR count). The molecule has 214 valence electrons. The third kappa shape index (κ3) is 4.38. The first-order valence-corrected chi connectivity index (χ1v) is 13.0. The zero-order chi connectivity index (χ0) is 28.7. The highest BCUT2D eigenvalue weighted by Crippen LogP contribution is 2.65. The summed E-state index contributed by atoms with van der Waals surface area (Å²) < 4.78 is 80.9. The van der Waals surface area contributed by atoms with Gasteiger partial charge in [-0.1, -0.05) is 19.9 Å². The lowest BCUT2D eigenvalue weighted by atomic mass is 9.47. The van der Waals surface area contributed by atoms with Crippen molar-refractivity contribution in [2.45, 2.75) is 70.4 Å². The van der Waals surface area contributed by atoms with Crippen LogP contribution in [0.4, 0.5) is 32.0 Å². The fourth-order valence-electron chi connectivity index (χ4n) is 8.19. The zero-order valence-corrected chi connectivity index (χ0v) is 21.3. The highest BCUT2D eigenvalue weighted by Gasteiger charge is 2.62. The van der Waals surface area contributed by atoms with Crippen molar-refractivity contribution >= 4 is 17.5 Å². The normalized spacial score (nSPS) is 37.9. The fraction of sp³-hybridized carbons (Fsp3) is 0.630. The second-order valence-electron chi connectivity index (χ2n) is 11.9. The summed E-state index contributed by atoms with van der Waals surface area (Å²) in [4.78, 5) is 25.4. The fourth-order valence-corrected chi connectivity index (χ4v) is 8.19. The molecular formula is C27H30F6N2O4. The number of hydrogen-bond donors (Lipinski definition) is 4. The van der Waals surface area contributed by atoms with Gasteiger partial charge >= 0.3 is 12.4 Å². The summed E-state index contributed by atoms with van der Waals surface area (Å²) >= 11 is 0. The van der Waals surface area contributed by atoms with Crippen LogP contribution in [0.3, 0.4) is 0 Å². The summed E-state index contributed by atoms with van der Waals surface area (Å²) in [5, 5.41) is 25.6. The smallest absolute Gasteiger partial charge is 0.420 e. The first kappa shape index (κ1) is 27.8. The van der Waals surface area contributed by atoms with E-state index in [-0.39, 0.29) is 35.8 Å². The van der Waals surface area contributed by atoms with Crippen LogP contribution in [-0.2, 0) is 21.9 Å². The number of aliphatic hydroxyl groups excluding tert-OH is 1. The average Bonchev–Trinajstić information content (AvgIpc) is 3.17. The molecule has 0 aromatic heterocycles. The molecule has 0 unspecified atom stereocenters. The number of anilines is 1. The highest BCUT2D eigenvalue weighted by atomic mass is 19.4. The molecule has 0 bridgehead atoms. The quantitative estimate of drug-likeness (QED) is 0.293. The van der Waals surface area contributed by atoms with Crippen LogP contribution in [0.15, 0.2) is 24.3 Å². The molecule has 3 fully saturated rings. The van der Waals surface area contributed by atoms with Gasteiger partial charge in [0.15, 0.2) is 0 Å². The lowest BCUT2D eigenvalue weighted by molar-refractivity contribution is -0.142. The average molecular weight is 561 g/mol. The summed E-state index contributed by atoms with van der Waals surface area (Å²) in [5.41, 5.74) is -5.43. The Hall–Kier alpha value is -2.76. The molecule has 4 aliphatic rings. The predicted octanol–water partition coefficient (Wildman–Crippen LogP) is 5.25. The Morgan fingerprint density at radius 1 is 1.03 bits per heavy atom. The Labute approximate surface area is 220 Å². The molecule has 8 atom stereocenters. The molecule has 1 aliphatic heterocycles. The van der Waals surface area contributed by atoms with Gasteiger partial charge in [0.1, 0.15) is 5.75 Å². The van der Waals surface area contributed by atoms with Crippen LogP contribution < -0.4 is 10.6 Å². The summed E-state index contributed by atoms with van der Waals surface area (Å²) in [7, 11) is 0. The topological polar surface area (TPSA) is 98.7 Å². The summed E-state index contributed by atoms with van der Waals surface area (Å²) in [6.07, 6.45) is -5.20. The molecule has 1 heterocycles. The Balaban J connectivity index is 1.43. The van der Waals surface area contributed by atoms with Gasteiger partial charge in [-0.2, -0.15) is 26.3 Å². The molecule has 0 saturated heterocycles. The molecular weight excluding hydrogens is 530 g/mol. The summed E-state index contributed by atoms with van der Waals surface area (Å²) in [6.45, 7) is 3.89. The van der Waals surface area contributed by atoms with E-state index in [2.05, 4.69) is 10.6 Å². The highest BCUT2D eigenvalue weighted by molar-refractivity contribution is 5.94. The maximum absolute atomic E-state index is 13.6. The monoisotopic (exact) mass is 560 g/mol. The predicted molar refractivity (Wildman–Crippen MR) is 127 cm³/mol. The van der Waals surface area contributed by atoms with Gasteiger partial charge in [-0.3, -0.25) is 9.59 Å². The molecule has 2 amide bonds. The number of aromatic hydroxyl groups is 1. The maximum atomic E-state index is 13.6. The number of alkyl halides is 6. The van der Waals surface area contributed by atoms with Crippen molar-refractivity contribution in [2.24, 2.45) is 34.5 Å². The van der Waals surface area contributed by atoms with Crippen LogP contribution in [0.25, 0.3) is 0 Å². The molecule has 4 N–H and O–H groups in total. The van der Waals surface area contributed by atoms with Crippen molar-refractivity contribution in [1.82, 2.24) is 5.32 Å². The minimum atomic E-state index is -5.13. The van der Waals surface area contributed by atoms with Crippen molar-refractivity contribution in [3.63, 3.8) is 0 Å². The van der Waals surface area contributed by atoms with Gasteiger partial charge in [-0.25, -0.2) is 0 Å². The van der Waals surface area contributed by atoms with Crippen LogP contribution in [0.2, 0.25) is 0 Å². The largest absolute Gasteiger partial charge is 0.507 e. The van der Waals surface area contributed by atoms with E-state index in [0.29, 0.717) is 32.1 Å². The van der Waals surface area contributed by atoms with Gasteiger partial charge in [0.2, 0.25) is 11.8 Å². The second-order valence-corrected chi connectivity index (χ2v) is 11.9. The SMILES string of the molecule is C[C@]12C=CC(=O)N[C@@H]1[C@H](O)C[C@@H]1[C@@H]2CC[C@]2(C)[C@@H](C(=O)Nc3cc(C(F)(F)F)c(O)cc3C(F)(F)F)CC[C@@H]12. The third-order valence-corrected chi connectivity index (χ3v) is 10.0. The van der Waals surface area contributed by atoms with Crippen molar-refractivity contribution in [2.75, 3.05) is 5.32 Å². The van der Waals surface area contributed by atoms with E-state index in [1.54, 1.807) is 0 Å². The molecule has 0 spiro atoms. The van der Waals surface area contributed by atoms with E-state index in [0.717, 1.165) is 0 Å². The van der Waals surface area contributed by atoms with Crippen molar-refractivity contribution in [3.8, 4) is 5.75 Å².